The molecule has 0 aromatic heterocycles. The molecule has 21 heavy (non-hydrogen) atoms. The van der Waals surface area contributed by atoms with Crippen molar-refractivity contribution < 1.29 is 19.4 Å². The summed E-state index contributed by atoms with van der Waals surface area (Å²) in [6, 6.07) is 9.62. The fourth-order valence-electron chi connectivity index (χ4n) is 2.04. The number of amides is 1. The van der Waals surface area contributed by atoms with Crippen LogP contribution in [0.3, 0.4) is 0 Å². The number of nitrogens with zero attached hydrogens (tertiary/aromatic N) is 1. The van der Waals surface area contributed by atoms with Crippen LogP contribution in [0.25, 0.3) is 0 Å². The molecule has 0 saturated heterocycles. The first-order valence-electron chi connectivity index (χ1n) is 7.05. The lowest BCUT2D eigenvalue weighted by atomic mass is 10.3. The number of benzene rings is 1. The van der Waals surface area contributed by atoms with Crippen molar-refractivity contribution in [1.29, 1.82) is 0 Å². The van der Waals surface area contributed by atoms with Crippen LogP contribution in [0.1, 0.15) is 12.8 Å². The second-order valence-corrected chi connectivity index (χ2v) is 5.04. The lowest BCUT2D eigenvalue weighted by Crippen LogP contribution is -2.42. The lowest BCUT2D eigenvalue weighted by molar-refractivity contribution is -0.138. The molecule has 6 heteroatoms. The molecule has 0 spiro atoms. The smallest absolute Gasteiger partial charge is 0.317 e. The second-order valence-electron chi connectivity index (χ2n) is 5.04. The second kappa shape index (κ2) is 7.64. The number of carboxylic acids is 1. The molecule has 1 aliphatic rings. The van der Waals surface area contributed by atoms with E-state index in [2.05, 4.69) is 5.32 Å². The summed E-state index contributed by atoms with van der Waals surface area (Å²) in [6.07, 6.45) is 1.94. The normalized spacial score (nSPS) is 14.0. The van der Waals surface area contributed by atoms with Gasteiger partial charge in [-0.3, -0.25) is 14.5 Å². The average Bonchev–Trinajstić information content (AvgIpc) is 3.28. The van der Waals surface area contributed by atoms with Crippen LogP contribution >= 0.6 is 0 Å². The highest BCUT2D eigenvalue weighted by Gasteiger charge is 2.31. The van der Waals surface area contributed by atoms with E-state index < -0.39 is 5.97 Å². The van der Waals surface area contributed by atoms with Crippen molar-refractivity contribution in [2.24, 2.45) is 0 Å². The van der Waals surface area contributed by atoms with Gasteiger partial charge in [0.25, 0.3) is 0 Å². The molecular formula is C15H20N2O4. The van der Waals surface area contributed by atoms with Gasteiger partial charge in [-0.15, -0.1) is 0 Å². The number of carboxylic acid groups (broad SMARTS) is 1. The Morgan fingerprint density at radius 1 is 1.24 bits per heavy atom. The van der Waals surface area contributed by atoms with Gasteiger partial charge in [-0.1, -0.05) is 18.2 Å². The van der Waals surface area contributed by atoms with Crippen LogP contribution in [0.2, 0.25) is 0 Å². The van der Waals surface area contributed by atoms with Gasteiger partial charge in [0.2, 0.25) is 5.91 Å². The SMILES string of the molecule is O=C(O)CN(CC(=O)NCCOc1ccccc1)C1CC1. The van der Waals surface area contributed by atoms with E-state index in [1.165, 1.54) is 0 Å². The summed E-state index contributed by atoms with van der Waals surface area (Å²) in [6.45, 7) is 0.832. The first kappa shape index (κ1) is 15.3. The molecule has 1 aromatic carbocycles. The van der Waals surface area contributed by atoms with Crippen LogP contribution in [0.5, 0.6) is 5.75 Å². The number of aliphatic carboxylic acids is 1. The first-order chi connectivity index (χ1) is 10.1. The monoisotopic (exact) mass is 292 g/mol. The minimum absolute atomic E-state index is 0.0847. The fourth-order valence-corrected chi connectivity index (χ4v) is 2.04. The Labute approximate surface area is 123 Å². The van der Waals surface area contributed by atoms with Gasteiger partial charge in [0.1, 0.15) is 12.4 Å². The molecule has 1 saturated carbocycles. The molecule has 1 fully saturated rings. The Balaban J connectivity index is 1.63. The zero-order chi connectivity index (χ0) is 15.1. The first-order valence-corrected chi connectivity index (χ1v) is 7.05. The number of hydrogen-bond donors (Lipinski definition) is 2. The van der Waals surface area contributed by atoms with Crippen LogP contribution in [0.4, 0.5) is 0 Å². The number of rotatable bonds is 9. The van der Waals surface area contributed by atoms with Crippen molar-refractivity contribution in [2.75, 3.05) is 26.2 Å². The summed E-state index contributed by atoms with van der Waals surface area (Å²) in [7, 11) is 0. The zero-order valence-corrected chi connectivity index (χ0v) is 11.8. The molecule has 0 aliphatic heterocycles. The van der Waals surface area contributed by atoms with Gasteiger partial charge in [0.05, 0.1) is 19.6 Å². The molecule has 0 bridgehead atoms. The molecule has 2 N–H and O–H groups in total. The highest BCUT2D eigenvalue weighted by Crippen LogP contribution is 2.26. The van der Waals surface area contributed by atoms with Crippen LogP contribution in [0, 0.1) is 0 Å². The van der Waals surface area contributed by atoms with Crippen molar-refractivity contribution in [3.8, 4) is 5.75 Å². The molecular weight excluding hydrogens is 272 g/mol. The van der Waals surface area contributed by atoms with Gasteiger partial charge < -0.3 is 15.2 Å². The fraction of sp³-hybridized carbons (Fsp3) is 0.467. The predicted octanol–water partition coefficient (Wildman–Crippen LogP) is 0.731. The number of nitrogens with one attached hydrogen (secondary N) is 1. The molecule has 0 atom stereocenters. The van der Waals surface area contributed by atoms with E-state index in [0.717, 1.165) is 18.6 Å². The third-order valence-corrected chi connectivity index (χ3v) is 3.18. The van der Waals surface area contributed by atoms with Gasteiger partial charge >= 0.3 is 5.97 Å². The molecule has 1 aromatic rings. The highest BCUT2D eigenvalue weighted by atomic mass is 16.5. The maximum atomic E-state index is 11.8. The molecule has 114 valence electrons. The summed E-state index contributed by atoms with van der Waals surface area (Å²) in [5.41, 5.74) is 0. The summed E-state index contributed by atoms with van der Waals surface area (Å²) < 4.78 is 5.46. The zero-order valence-electron chi connectivity index (χ0n) is 11.8. The minimum atomic E-state index is -0.901. The Morgan fingerprint density at radius 3 is 2.57 bits per heavy atom. The molecule has 0 radical (unpaired) electrons. The van der Waals surface area contributed by atoms with Gasteiger partial charge in [-0.05, 0) is 25.0 Å². The van der Waals surface area contributed by atoms with E-state index in [9.17, 15) is 9.59 Å². The van der Waals surface area contributed by atoms with Gasteiger partial charge in [-0.2, -0.15) is 0 Å². The number of hydrogen-bond acceptors (Lipinski definition) is 4. The molecule has 1 aliphatic carbocycles. The van der Waals surface area contributed by atoms with E-state index in [0.29, 0.717) is 13.2 Å². The summed E-state index contributed by atoms with van der Waals surface area (Å²) in [4.78, 5) is 24.2. The lowest BCUT2D eigenvalue weighted by Gasteiger charge is -2.18. The summed E-state index contributed by atoms with van der Waals surface area (Å²) in [5.74, 6) is -0.306. The van der Waals surface area contributed by atoms with E-state index in [1.54, 1.807) is 4.90 Å². The largest absolute Gasteiger partial charge is 0.492 e. The number of ether oxygens (including phenoxy) is 1. The van der Waals surface area contributed by atoms with Crippen molar-refractivity contribution >= 4 is 11.9 Å². The van der Waals surface area contributed by atoms with Gasteiger partial charge in [0, 0.05) is 6.04 Å². The van der Waals surface area contributed by atoms with Crippen molar-refractivity contribution in [2.45, 2.75) is 18.9 Å². The quantitative estimate of drug-likeness (QED) is 0.656. The predicted molar refractivity (Wildman–Crippen MR) is 77.2 cm³/mol. The van der Waals surface area contributed by atoms with Crippen molar-refractivity contribution in [1.82, 2.24) is 10.2 Å². The Hall–Kier alpha value is -2.08. The number of carbonyl (C=O) groups is 2. The third-order valence-electron chi connectivity index (χ3n) is 3.18. The number of carbonyl (C=O) groups excluding carboxylic acids is 1. The molecule has 0 heterocycles. The van der Waals surface area contributed by atoms with Gasteiger partial charge in [0.15, 0.2) is 0 Å². The number of para-hydroxylation sites is 1. The van der Waals surface area contributed by atoms with Gasteiger partial charge in [-0.25, -0.2) is 0 Å². The van der Waals surface area contributed by atoms with E-state index in [1.807, 2.05) is 30.3 Å². The maximum Gasteiger partial charge on any atom is 0.317 e. The van der Waals surface area contributed by atoms with E-state index in [-0.39, 0.29) is 25.0 Å². The van der Waals surface area contributed by atoms with Crippen LogP contribution < -0.4 is 10.1 Å². The molecule has 0 unspecified atom stereocenters. The Kier molecular flexibility index (Phi) is 5.57. The molecule has 6 nitrogen and oxygen atoms in total. The highest BCUT2D eigenvalue weighted by molar-refractivity contribution is 5.79. The maximum absolute atomic E-state index is 11.8. The Bertz CT molecular complexity index is 474. The van der Waals surface area contributed by atoms with Crippen LogP contribution in [-0.2, 0) is 9.59 Å². The summed E-state index contributed by atoms with van der Waals surface area (Å²) in [5, 5.41) is 11.6. The molecule has 2 rings (SSSR count). The van der Waals surface area contributed by atoms with E-state index >= 15 is 0 Å². The van der Waals surface area contributed by atoms with E-state index in [4.69, 9.17) is 9.84 Å². The molecule has 1 amide bonds. The van der Waals surface area contributed by atoms with Crippen molar-refractivity contribution in [3.63, 3.8) is 0 Å². The van der Waals surface area contributed by atoms with Crippen molar-refractivity contribution in [3.05, 3.63) is 30.3 Å². The third kappa shape index (κ3) is 5.83. The average molecular weight is 292 g/mol. The van der Waals surface area contributed by atoms with Crippen LogP contribution in [-0.4, -0.2) is 54.2 Å². The standard InChI is InChI=1S/C15H20N2O4/c18-14(10-17(11-15(19)20)12-6-7-12)16-8-9-21-13-4-2-1-3-5-13/h1-5,12H,6-11H2,(H,16,18)(H,19,20). The van der Waals surface area contributed by atoms with Crippen LogP contribution in [0.15, 0.2) is 30.3 Å². The minimum Gasteiger partial charge on any atom is -0.492 e. The summed E-state index contributed by atoms with van der Waals surface area (Å²) >= 11 is 0. The topological polar surface area (TPSA) is 78.9 Å². The Morgan fingerprint density at radius 2 is 1.95 bits per heavy atom.